The molecule has 0 spiro atoms. The molecule has 0 unspecified atom stereocenters. The number of pyridine rings is 1. The van der Waals surface area contributed by atoms with Gasteiger partial charge in [-0.15, -0.1) is 0 Å². The Labute approximate surface area is 167 Å². The van der Waals surface area contributed by atoms with Crippen LogP contribution in [-0.2, 0) is 17.4 Å². The zero-order valence-electron chi connectivity index (χ0n) is 15.9. The molecule has 3 rings (SSSR count). The second-order valence-electron chi connectivity index (χ2n) is 7.18. The first-order chi connectivity index (χ1) is 13.8. The molecule has 0 bridgehead atoms. The maximum absolute atomic E-state index is 12.9. The van der Waals surface area contributed by atoms with Crippen LogP contribution in [0, 0.1) is 5.92 Å². The largest absolute Gasteiger partial charge is 0.493 e. The fourth-order valence-electron chi connectivity index (χ4n) is 3.35. The van der Waals surface area contributed by atoms with E-state index in [9.17, 15) is 18.0 Å². The number of piperidine rings is 1. The Bertz CT molecular complexity index is 834. The number of aromatic nitrogens is 1. The SMILES string of the molecule is O=C(O)CCc1cccc(OCC2CCN(c3cc(C(F)(F)F)ccn3)CC2)c1. The van der Waals surface area contributed by atoms with Gasteiger partial charge in [-0.25, -0.2) is 4.98 Å². The van der Waals surface area contributed by atoms with Gasteiger partial charge in [0.15, 0.2) is 0 Å². The van der Waals surface area contributed by atoms with Crippen molar-refractivity contribution in [2.75, 3.05) is 24.6 Å². The standard InChI is InChI=1S/C21H23F3N2O3/c22-21(23,24)17-6-9-25-19(13-17)26-10-7-16(8-11-26)14-29-18-3-1-2-15(12-18)4-5-20(27)28/h1-3,6,9,12-13,16H,4-5,7-8,10-11,14H2,(H,27,28). The molecule has 1 fully saturated rings. The lowest BCUT2D eigenvalue weighted by Crippen LogP contribution is -2.36. The molecular weight excluding hydrogens is 385 g/mol. The molecule has 0 saturated carbocycles. The zero-order valence-corrected chi connectivity index (χ0v) is 15.9. The van der Waals surface area contributed by atoms with Gasteiger partial charge in [0.05, 0.1) is 12.2 Å². The van der Waals surface area contributed by atoms with E-state index in [2.05, 4.69) is 4.98 Å². The first kappa shape index (κ1) is 21.0. The number of benzene rings is 1. The molecule has 2 heterocycles. The van der Waals surface area contributed by atoms with Crippen LogP contribution in [-0.4, -0.2) is 35.8 Å². The number of halogens is 3. The second kappa shape index (κ2) is 9.15. The van der Waals surface area contributed by atoms with Crippen LogP contribution in [0.4, 0.5) is 19.0 Å². The minimum atomic E-state index is -4.37. The molecule has 1 aromatic heterocycles. The molecule has 1 N–H and O–H groups in total. The number of nitrogens with zero attached hydrogens (tertiary/aromatic N) is 2. The molecule has 1 aliphatic rings. The van der Waals surface area contributed by atoms with Gasteiger partial charge in [-0.2, -0.15) is 13.2 Å². The van der Waals surface area contributed by atoms with Crippen molar-refractivity contribution < 1.29 is 27.8 Å². The topological polar surface area (TPSA) is 62.7 Å². The van der Waals surface area contributed by atoms with E-state index < -0.39 is 17.7 Å². The van der Waals surface area contributed by atoms with Crippen molar-refractivity contribution in [1.82, 2.24) is 4.98 Å². The first-order valence-corrected chi connectivity index (χ1v) is 9.53. The Morgan fingerprint density at radius 2 is 1.97 bits per heavy atom. The first-order valence-electron chi connectivity index (χ1n) is 9.53. The summed E-state index contributed by atoms with van der Waals surface area (Å²) in [6.07, 6.45) is -1.04. The number of rotatable bonds is 7. The summed E-state index contributed by atoms with van der Waals surface area (Å²) >= 11 is 0. The summed E-state index contributed by atoms with van der Waals surface area (Å²) in [5.74, 6) is 0.526. The van der Waals surface area contributed by atoms with Crippen molar-refractivity contribution in [2.24, 2.45) is 5.92 Å². The van der Waals surface area contributed by atoms with Crippen molar-refractivity contribution in [3.05, 3.63) is 53.7 Å². The lowest BCUT2D eigenvalue weighted by atomic mass is 9.97. The lowest BCUT2D eigenvalue weighted by molar-refractivity contribution is -0.138. The van der Waals surface area contributed by atoms with E-state index in [0.717, 1.165) is 30.5 Å². The Morgan fingerprint density at radius 3 is 2.66 bits per heavy atom. The summed E-state index contributed by atoms with van der Waals surface area (Å²) in [5.41, 5.74) is 0.228. The van der Waals surface area contributed by atoms with E-state index in [1.54, 1.807) is 0 Å². The highest BCUT2D eigenvalue weighted by molar-refractivity contribution is 5.67. The molecule has 156 valence electrons. The molecule has 0 atom stereocenters. The third-order valence-electron chi connectivity index (χ3n) is 5.02. The van der Waals surface area contributed by atoms with Gasteiger partial charge < -0.3 is 14.7 Å². The number of carboxylic acid groups (broad SMARTS) is 1. The van der Waals surface area contributed by atoms with Crippen LogP contribution >= 0.6 is 0 Å². The van der Waals surface area contributed by atoms with Gasteiger partial charge in [-0.1, -0.05) is 12.1 Å². The maximum Gasteiger partial charge on any atom is 0.416 e. The van der Waals surface area contributed by atoms with Crippen LogP contribution in [0.2, 0.25) is 0 Å². The number of carboxylic acids is 1. The van der Waals surface area contributed by atoms with Gasteiger partial charge in [0.1, 0.15) is 11.6 Å². The van der Waals surface area contributed by atoms with Crippen molar-refractivity contribution >= 4 is 11.8 Å². The molecule has 0 aliphatic carbocycles. The quantitative estimate of drug-likeness (QED) is 0.735. The summed E-state index contributed by atoms with van der Waals surface area (Å²) in [7, 11) is 0. The van der Waals surface area contributed by atoms with E-state index in [1.165, 1.54) is 6.20 Å². The number of hydrogen-bond acceptors (Lipinski definition) is 4. The smallest absolute Gasteiger partial charge is 0.416 e. The minimum absolute atomic E-state index is 0.0749. The number of carbonyl (C=O) groups is 1. The van der Waals surface area contributed by atoms with E-state index in [0.29, 0.717) is 43.6 Å². The highest BCUT2D eigenvalue weighted by Crippen LogP contribution is 2.31. The average Bonchev–Trinajstić information content (AvgIpc) is 2.71. The van der Waals surface area contributed by atoms with Gasteiger partial charge in [0, 0.05) is 25.7 Å². The summed E-state index contributed by atoms with van der Waals surface area (Å²) in [6.45, 7) is 1.77. The molecule has 1 aliphatic heterocycles. The lowest BCUT2D eigenvalue weighted by Gasteiger charge is -2.33. The van der Waals surface area contributed by atoms with Crippen LogP contribution in [0.1, 0.15) is 30.4 Å². The molecule has 2 aromatic rings. The van der Waals surface area contributed by atoms with Gasteiger partial charge in [-0.05, 0) is 55.0 Å². The van der Waals surface area contributed by atoms with Crippen LogP contribution in [0.15, 0.2) is 42.6 Å². The third-order valence-corrected chi connectivity index (χ3v) is 5.02. The Balaban J connectivity index is 1.49. The summed E-state index contributed by atoms with van der Waals surface area (Å²) in [5, 5.41) is 8.78. The predicted molar refractivity (Wildman–Crippen MR) is 102 cm³/mol. The van der Waals surface area contributed by atoms with E-state index in [1.807, 2.05) is 29.2 Å². The molecule has 0 amide bonds. The van der Waals surface area contributed by atoms with Gasteiger partial charge in [0.2, 0.25) is 0 Å². The van der Waals surface area contributed by atoms with Gasteiger partial charge in [0.25, 0.3) is 0 Å². The van der Waals surface area contributed by atoms with E-state index in [-0.39, 0.29) is 6.42 Å². The monoisotopic (exact) mass is 408 g/mol. The Hall–Kier alpha value is -2.77. The molecule has 5 nitrogen and oxygen atoms in total. The molecular formula is C21H23F3N2O3. The fraction of sp³-hybridized carbons (Fsp3) is 0.429. The highest BCUT2D eigenvalue weighted by Gasteiger charge is 2.31. The normalized spacial score (nSPS) is 15.3. The van der Waals surface area contributed by atoms with Gasteiger partial charge >= 0.3 is 12.1 Å². The van der Waals surface area contributed by atoms with Crippen LogP contribution in [0.5, 0.6) is 5.75 Å². The van der Waals surface area contributed by atoms with Crippen LogP contribution in [0.25, 0.3) is 0 Å². The van der Waals surface area contributed by atoms with E-state index in [4.69, 9.17) is 9.84 Å². The van der Waals surface area contributed by atoms with Crippen LogP contribution < -0.4 is 9.64 Å². The van der Waals surface area contributed by atoms with Gasteiger partial charge in [-0.3, -0.25) is 4.79 Å². The fourth-order valence-corrected chi connectivity index (χ4v) is 3.35. The number of aliphatic carboxylic acids is 1. The summed E-state index contributed by atoms with van der Waals surface area (Å²) in [6, 6.07) is 9.48. The molecule has 0 radical (unpaired) electrons. The molecule has 8 heteroatoms. The molecule has 1 saturated heterocycles. The number of ether oxygens (including phenoxy) is 1. The minimum Gasteiger partial charge on any atom is -0.493 e. The highest BCUT2D eigenvalue weighted by atomic mass is 19.4. The predicted octanol–water partition coefficient (Wildman–Crippen LogP) is 4.41. The maximum atomic E-state index is 12.9. The van der Waals surface area contributed by atoms with E-state index >= 15 is 0 Å². The third kappa shape index (κ3) is 6.10. The molecule has 1 aromatic carbocycles. The Kier molecular flexibility index (Phi) is 6.61. The summed E-state index contributed by atoms with van der Waals surface area (Å²) < 4.78 is 44.5. The molecule has 29 heavy (non-hydrogen) atoms. The Morgan fingerprint density at radius 1 is 1.21 bits per heavy atom. The van der Waals surface area contributed by atoms with Crippen LogP contribution in [0.3, 0.4) is 0 Å². The number of alkyl halides is 3. The van der Waals surface area contributed by atoms with Crippen molar-refractivity contribution in [1.29, 1.82) is 0 Å². The number of aryl methyl sites for hydroxylation is 1. The summed E-state index contributed by atoms with van der Waals surface area (Å²) in [4.78, 5) is 16.7. The zero-order chi connectivity index (χ0) is 20.9. The number of anilines is 1. The van der Waals surface area contributed by atoms with Crippen molar-refractivity contribution in [3.63, 3.8) is 0 Å². The van der Waals surface area contributed by atoms with Crippen molar-refractivity contribution in [2.45, 2.75) is 31.9 Å². The average molecular weight is 408 g/mol. The van der Waals surface area contributed by atoms with Crippen molar-refractivity contribution in [3.8, 4) is 5.75 Å². The number of hydrogen-bond donors (Lipinski definition) is 1. The second-order valence-corrected chi connectivity index (χ2v) is 7.18.